The summed E-state index contributed by atoms with van der Waals surface area (Å²) in [5, 5.41) is 0. The monoisotopic (exact) mass is 203 g/mol. The molecule has 13 heavy (non-hydrogen) atoms. The van der Waals surface area contributed by atoms with E-state index in [2.05, 4.69) is 4.52 Å². The zero-order chi connectivity index (χ0) is 9.90. The summed E-state index contributed by atoms with van der Waals surface area (Å²) in [4.78, 5) is 16.8. The van der Waals surface area contributed by atoms with Crippen molar-refractivity contribution in [3.05, 3.63) is 29.8 Å². The third kappa shape index (κ3) is 3.57. The minimum absolute atomic E-state index is 0.184. The molecule has 0 spiro atoms. The van der Waals surface area contributed by atoms with Gasteiger partial charge in [-0.15, -0.1) is 0 Å². The van der Waals surface area contributed by atoms with Gasteiger partial charge in [-0.25, -0.2) is 4.57 Å². The van der Waals surface area contributed by atoms with Crippen molar-refractivity contribution in [1.29, 1.82) is 0 Å². The van der Waals surface area contributed by atoms with Gasteiger partial charge in [0.25, 0.3) is 0 Å². The van der Waals surface area contributed by atoms with Crippen LogP contribution in [0.25, 0.3) is 0 Å². The Morgan fingerprint density at radius 3 is 2.54 bits per heavy atom. The van der Waals surface area contributed by atoms with E-state index in [0.29, 0.717) is 11.3 Å². The molecule has 1 aromatic rings. The Morgan fingerprint density at radius 2 is 2.00 bits per heavy atom. The van der Waals surface area contributed by atoms with Gasteiger partial charge in [0.1, 0.15) is 0 Å². The quantitative estimate of drug-likeness (QED) is 0.500. The number of hydrogen-bond acceptors (Lipinski definition) is 3. The zero-order valence-corrected chi connectivity index (χ0v) is 7.65. The first-order valence-corrected chi connectivity index (χ1v) is 5.05. The normalized spacial score (nSPS) is 11.5. The second-order valence-electron chi connectivity index (χ2n) is 2.46. The molecule has 0 bridgehead atoms. The minimum atomic E-state index is -4.41. The smallest absolute Gasteiger partial charge is 0.398 e. The molecule has 0 aliphatic heterocycles. The number of rotatable bonds is 3. The van der Waals surface area contributed by atoms with Crippen molar-refractivity contribution in [1.82, 2.24) is 0 Å². The van der Waals surface area contributed by atoms with Gasteiger partial charge >= 0.3 is 7.82 Å². The molecule has 4 N–H and O–H groups in total. The third-order valence-electron chi connectivity index (χ3n) is 1.44. The summed E-state index contributed by atoms with van der Waals surface area (Å²) in [5.74, 6) is 0. The standard InChI is InChI=1S/C7H10NO4P/c8-7-4-2-1-3-6(7)5-12-13(9,10)11/h1-4H,5,8H2,(H2,9,10,11). The molecule has 0 saturated heterocycles. The van der Waals surface area contributed by atoms with E-state index in [4.69, 9.17) is 15.5 Å². The molecule has 1 aromatic carbocycles. The number of phosphoric acid groups is 1. The van der Waals surface area contributed by atoms with E-state index in [-0.39, 0.29) is 6.61 Å². The van der Waals surface area contributed by atoms with Crippen LogP contribution in [-0.2, 0) is 15.7 Å². The fraction of sp³-hybridized carbons (Fsp3) is 0.143. The molecule has 0 radical (unpaired) electrons. The van der Waals surface area contributed by atoms with E-state index >= 15 is 0 Å². The first kappa shape index (κ1) is 10.2. The molecule has 0 aromatic heterocycles. The highest BCUT2D eigenvalue weighted by Crippen LogP contribution is 2.37. The fourth-order valence-electron chi connectivity index (χ4n) is 0.819. The number of phosphoric ester groups is 1. The molecule has 72 valence electrons. The van der Waals surface area contributed by atoms with Crippen LogP contribution in [0.3, 0.4) is 0 Å². The lowest BCUT2D eigenvalue weighted by Gasteiger charge is -2.06. The van der Waals surface area contributed by atoms with Gasteiger partial charge in [0.15, 0.2) is 0 Å². The Morgan fingerprint density at radius 1 is 1.38 bits per heavy atom. The first-order chi connectivity index (χ1) is 5.99. The second kappa shape index (κ2) is 3.89. The van der Waals surface area contributed by atoms with Crippen LogP contribution in [0.5, 0.6) is 0 Å². The van der Waals surface area contributed by atoms with E-state index in [9.17, 15) is 4.57 Å². The molecular formula is C7H10NO4P. The Bertz CT molecular complexity index is 335. The lowest BCUT2D eigenvalue weighted by atomic mass is 10.2. The van der Waals surface area contributed by atoms with Gasteiger partial charge in [-0.1, -0.05) is 18.2 Å². The van der Waals surface area contributed by atoms with Crippen LogP contribution in [-0.4, -0.2) is 9.79 Å². The van der Waals surface area contributed by atoms with Crippen molar-refractivity contribution >= 4 is 13.5 Å². The molecule has 5 nitrogen and oxygen atoms in total. The van der Waals surface area contributed by atoms with Crippen molar-refractivity contribution < 1.29 is 18.9 Å². The number of nitrogen functional groups attached to an aromatic ring is 1. The van der Waals surface area contributed by atoms with Crippen LogP contribution < -0.4 is 5.73 Å². The highest BCUT2D eigenvalue weighted by Gasteiger charge is 2.14. The van der Waals surface area contributed by atoms with Crippen molar-refractivity contribution in [2.24, 2.45) is 0 Å². The predicted octanol–water partition coefficient (Wildman–Crippen LogP) is 0.878. The maximum absolute atomic E-state index is 10.3. The molecule has 0 atom stereocenters. The summed E-state index contributed by atoms with van der Waals surface area (Å²) in [7, 11) is -4.41. The molecule has 1 rings (SSSR count). The number of para-hydroxylation sites is 1. The van der Waals surface area contributed by atoms with Gasteiger partial charge in [0.2, 0.25) is 0 Å². The topological polar surface area (TPSA) is 92.8 Å². The van der Waals surface area contributed by atoms with E-state index in [0.717, 1.165) is 0 Å². The zero-order valence-electron chi connectivity index (χ0n) is 6.75. The van der Waals surface area contributed by atoms with Crippen LogP contribution >= 0.6 is 7.82 Å². The number of anilines is 1. The molecule has 0 aliphatic carbocycles. The summed E-state index contributed by atoms with van der Waals surface area (Å²) in [6.45, 7) is -0.184. The summed E-state index contributed by atoms with van der Waals surface area (Å²) in [6, 6.07) is 6.73. The lowest BCUT2D eigenvalue weighted by Crippen LogP contribution is -1.96. The van der Waals surface area contributed by atoms with E-state index in [1.54, 1.807) is 24.3 Å². The van der Waals surface area contributed by atoms with E-state index < -0.39 is 7.82 Å². The summed E-state index contributed by atoms with van der Waals surface area (Å²) < 4.78 is 14.6. The molecule has 0 saturated carbocycles. The van der Waals surface area contributed by atoms with Crippen molar-refractivity contribution in [3.63, 3.8) is 0 Å². The Kier molecular flexibility index (Phi) is 3.06. The summed E-state index contributed by atoms with van der Waals surface area (Å²) >= 11 is 0. The molecule has 0 aliphatic rings. The fourth-order valence-corrected chi connectivity index (χ4v) is 1.13. The van der Waals surface area contributed by atoms with E-state index in [1.807, 2.05) is 0 Å². The number of hydrogen-bond donors (Lipinski definition) is 3. The molecule has 0 unspecified atom stereocenters. The molecule has 0 fully saturated rings. The minimum Gasteiger partial charge on any atom is -0.398 e. The van der Waals surface area contributed by atoms with Gasteiger partial charge in [-0.05, 0) is 6.07 Å². The summed E-state index contributed by atoms with van der Waals surface area (Å²) in [5.41, 5.74) is 6.53. The van der Waals surface area contributed by atoms with Crippen LogP contribution in [0.4, 0.5) is 5.69 Å². The van der Waals surface area contributed by atoms with Gasteiger partial charge in [0, 0.05) is 11.3 Å². The van der Waals surface area contributed by atoms with Crippen molar-refractivity contribution in [2.75, 3.05) is 5.73 Å². The molecule has 0 heterocycles. The van der Waals surface area contributed by atoms with Crippen LogP contribution in [0.2, 0.25) is 0 Å². The maximum atomic E-state index is 10.3. The van der Waals surface area contributed by atoms with Crippen LogP contribution in [0.15, 0.2) is 24.3 Å². The Balaban J connectivity index is 2.65. The van der Waals surface area contributed by atoms with Gasteiger partial charge in [-0.2, -0.15) is 0 Å². The largest absolute Gasteiger partial charge is 0.469 e. The average molecular weight is 203 g/mol. The van der Waals surface area contributed by atoms with Gasteiger partial charge in [-0.3, -0.25) is 4.52 Å². The average Bonchev–Trinajstić information content (AvgIpc) is 2.01. The molecule has 6 heteroatoms. The number of benzene rings is 1. The molecular weight excluding hydrogens is 193 g/mol. The highest BCUT2D eigenvalue weighted by molar-refractivity contribution is 7.46. The Hall–Kier alpha value is -0.870. The Labute approximate surface area is 75.4 Å². The number of nitrogens with two attached hydrogens (primary N) is 1. The second-order valence-corrected chi connectivity index (χ2v) is 3.70. The van der Waals surface area contributed by atoms with Gasteiger partial charge in [0.05, 0.1) is 6.61 Å². The maximum Gasteiger partial charge on any atom is 0.469 e. The van der Waals surface area contributed by atoms with Crippen molar-refractivity contribution in [2.45, 2.75) is 6.61 Å². The lowest BCUT2D eigenvalue weighted by molar-refractivity contribution is 0.189. The highest BCUT2D eigenvalue weighted by atomic mass is 31.2. The summed E-state index contributed by atoms with van der Waals surface area (Å²) in [6.07, 6.45) is 0. The van der Waals surface area contributed by atoms with E-state index in [1.165, 1.54) is 0 Å². The first-order valence-electron chi connectivity index (χ1n) is 3.52. The predicted molar refractivity (Wildman–Crippen MR) is 47.7 cm³/mol. The third-order valence-corrected chi connectivity index (χ3v) is 1.91. The SMILES string of the molecule is Nc1ccccc1COP(=O)(O)O. The van der Waals surface area contributed by atoms with Crippen LogP contribution in [0.1, 0.15) is 5.56 Å². The van der Waals surface area contributed by atoms with Crippen LogP contribution in [0, 0.1) is 0 Å². The van der Waals surface area contributed by atoms with Crippen molar-refractivity contribution in [3.8, 4) is 0 Å². The molecule has 0 amide bonds. The van der Waals surface area contributed by atoms with Gasteiger partial charge < -0.3 is 15.5 Å².